The number of aryl methyl sites for hydroxylation is 1. The van der Waals surface area contributed by atoms with Crippen molar-refractivity contribution in [3.63, 3.8) is 0 Å². The average molecular weight is 393 g/mol. The summed E-state index contributed by atoms with van der Waals surface area (Å²) in [5.41, 5.74) is 3.63. The minimum atomic E-state index is -1.24. The second-order valence-electron chi connectivity index (χ2n) is 6.24. The van der Waals surface area contributed by atoms with Gasteiger partial charge in [-0.05, 0) is 37.3 Å². The maximum absolute atomic E-state index is 11.3. The van der Waals surface area contributed by atoms with Gasteiger partial charge in [0.15, 0.2) is 5.58 Å². The van der Waals surface area contributed by atoms with Crippen LogP contribution in [0.4, 0.5) is 0 Å². The highest BCUT2D eigenvalue weighted by molar-refractivity contribution is 6.31. The SMILES string of the molecule is Cc1nn(-c2ccccc2)c(Cl)c1/C=C(\CC(=O)[O-])c1nc2ccccc2o1. The van der Waals surface area contributed by atoms with Crippen molar-refractivity contribution in [2.75, 3.05) is 0 Å². The minimum absolute atomic E-state index is 0.216. The molecule has 0 N–H and O–H groups in total. The van der Waals surface area contributed by atoms with Crippen LogP contribution in [0.1, 0.15) is 23.6 Å². The molecule has 2 heterocycles. The normalized spacial score (nSPS) is 11.9. The van der Waals surface area contributed by atoms with Gasteiger partial charge < -0.3 is 14.3 Å². The number of carboxylic acid groups (broad SMARTS) is 1. The molecule has 4 rings (SSSR count). The first-order chi connectivity index (χ1) is 13.5. The van der Waals surface area contributed by atoms with Gasteiger partial charge in [0, 0.05) is 23.5 Å². The van der Waals surface area contributed by atoms with Crippen LogP contribution in [0.5, 0.6) is 0 Å². The number of hydrogen-bond donors (Lipinski definition) is 0. The molecule has 0 spiro atoms. The van der Waals surface area contributed by atoms with E-state index in [2.05, 4.69) is 10.1 Å². The Morgan fingerprint density at radius 2 is 1.89 bits per heavy atom. The molecule has 0 aliphatic rings. The fraction of sp³-hybridized carbons (Fsp3) is 0.0952. The third-order valence-electron chi connectivity index (χ3n) is 4.27. The number of halogens is 1. The zero-order valence-corrected chi connectivity index (χ0v) is 15.7. The number of aliphatic carboxylic acids is 1. The molecule has 6 nitrogen and oxygen atoms in total. The van der Waals surface area contributed by atoms with E-state index in [-0.39, 0.29) is 12.3 Å². The minimum Gasteiger partial charge on any atom is -0.550 e. The second-order valence-corrected chi connectivity index (χ2v) is 6.60. The molecule has 2 aromatic heterocycles. The molecule has 28 heavy (non-hydrogen) atoms. The zero-order valence-electron chi connectivity index (χ0n) is 14.9. The van der Waals surface area contributed by atoms with E-state index in [1.54, 1.807) is 29.8 Å². The summed E-state index contributed by atoms with van der Waals surface area (Å²) in [6, 6.07) is 16.7. The van der Waals surface area contributed by atoms with Crippen LogP contribution in [0, 0.1) is 6.92 Å². The lowest BCUT2D eigenvalue weighted by atomic mass is 10.1. The number of rotatable bonds is 5. The van der Waals surface area contributed by atoms with Crippen molar-refractivity contribution < 1.29 is 14.3 Å². The lowest BCUT2D eigenvalue weighted by Gasteiger charge is -2.05. The van der Waals surface area contributed by atoms with Gasteiger partial charge in [-0.1, -0.05) is 41.9 Å². The summed E-state index contributed by atoms with van der Waals surface area (Å²) in [6.45, 7) is 1.81. The Labute approximate surface area is 165 Å². The second kappa shape index (κ2) is 7.32. The van der Waals surface area contributed by atoms with Gasteiger partial charge in [0.1, 0.15) is 10.7 Å². The van der Waals surface area contributed by atoms with Gasteiger partial charge in [-0.25, -0.2) is 9.67 Å². The number of carbonyl (C=O) groups excluding carboxylic acids is 1. The van der Waals surface area contributed by atoms with E-state index in [0.717, 1.165) is 5.69 Å². The van der Waals surface area contributed by atoms with Gasteiger partial charge in [0.05, 0.1) is 11.4 Å². The number of oxazole rings is 1. The Morgan fingerprint density at radius 1 is 1.18 bits per heavy atom. The molecule has 0 saturated heterocycles. The summed E-state index contributed by atoms with van der Waals surface area (Å²) in [5, 5.41) is 16.2. The fourth-order valence-electron chi connectivity index (χ4n) is 2.94. The third-order valence-corrected chi connectivity index (χ3v) is 4.63. The molecule has 0 amide bonds. The standard InChI is InChI=1S/C21H16ClN3O3/c1-13-16(20(22)25(24-13)15-7-3-2-4-8-15)11-14(12-19(26)27)21-23-17-9-5-6-10-18(17)28-21/h2-11H,12H2,1H3,(H,26,27)/p-1/b14-11+. The van der Waals surface area contributed by atoms with Crippen molar-refractivity contribution in [1.82, 2.24) is 14.8 Å². The molecule has 0 fully saturated rings. The molecule has 4 aromatic rings. The summed E-state index contributed by atoms with van der Waals surface area (Å²) in [5.74, 6) is -1.02. The quantitative estimate of drug-likeness (QED) is 0.517. The lowest BCUT2D eigenvalue weighted by molar-refractivity contribution is -0.304. The van der Waals surface area contributed by atoms with E-state index in [4.69, 9.17) is 16.0 Å². The van der Waals surface area contributed by atoms with Crippen LogP contribution >= 0.6 is 11.6 Å². The van der Waals surface area contributed by atoms with Crippen LogP contribution in [-0.2, 0) is 4.79 Å². The molecular weight excluding hydrogens is 378 g/mol. The largest absolute Gasteiger partial charge is 0.550 e. The summed E-state index contributed by atoms with van der Waals surface area (Å²) >= 11 is 6.55. The number of carbonyl (C=O) groups is 1. The van der Waals surface area contributed by atoms with Gasteiger partial charge in [-0.2, -0.15) is 5.10 Å². The van der Waals surface area contributed by atoms with E-state index in [1.807, 2.05) is 42.5 Å². The molecule has 0 bridgehead atoms. The van der Waals surface area contributed by atoms with Gasteiger partial charge in [0.2, 0.25) is 5.89 Å². The summed E-state index contributed by atoms with van der Waals surface area (Å²) in [7, 11) is 0. The van der Waals surface area contributed by atoms with E-state index in [0.29, 0.717) is 33.1 Å². The predicted octanol–water partition coefficient (Wildman–Crippen LogP) is 3.66. The van der Waals surface area contributed by atoms with Crippen molar-refractivity contribution in [1.29, 1.82) is 0 Å². The van der Waals surface area contributed by atoms with E-state index < -0.39 is 5.97 Å². The molecule has 7 heteroatoms. The first-order valence-electron chi connectivity index (χ1n) is 8.60. The van der Waals surface area contributed by atoms with Gasteiger partial charge >= 0.3 is 0 Å². The lowest BCUT2D eigenvalue weighted by Crippen LogP contribution is -2.22. The number of fused-ring (bicyclic) bond motifs is 1. The zero-order chi connectivity index (χ0) is 19.7. The first-order valence-corrected chi connectivity index (χ1v) is 8.97. The molecule has 0 radical (unpaired) electrons. The van der Waals surface area contributed by atoms with Crippen LogP contribution in [0.3, 0.4) is 0 Å². The van der Waals surface area contributed by atoms with Gasteiger partial charge in [0.25, 0.3) is 0 Å². The molecule has 0 unspecified atom stereocenters. The molecule has 0 aliphatic heterocycles. The molecule has 0 aliphatic carbocycles. The van der Waals surface area contributed by atoms with Gasteiger partial charge in [-0.15, -0.1) is 0 Å². The Bertz CT molecular complexity index is 1160. The number of para-hydroxylation sites is 3. The maximum atomic E-state index is 11.3. The van der Waals surface area contributed by atoms with Crippen molar-refractivity contribution in [3.8, 4) is 5.69 Å². The highest BCUT2D eigenvalue weighted by Gasteiger charge is 2.17. The number of nitrogens with zero attached hydrogens (tertiary/aromatic N) is 3. The summed E-state index contributed by atoms with van der Waals surface area (Å²) in [4.78, 5) is 15.7. The van der Waals surface area contributed by atoms with E-state index in [1.165, 1.54) is 0 Å². The van der Waals surface area contributed by atoms with Gasteiger partial charge in [-0.3, -0.25) is 0 Å². The summed E-state index contributed by atoms with van der Waals surface area (Å²) < 4.78 is 7.34. The number of benzene rings is 2. The van der Waals surface area contributed by atoms with Crippen LogP contribution in [0.2, 0.25) is 5.15 Å². The number of carboxylic acids is 1. The molecule has 0 saturated carbocycles. The van der Waals surface area contributed by atoms with Crippen molar-refractivity contribution in [2.24, 2.45) is 0 Å². The Kier molecular flexibility index (Phi) is 4.71. The van der Waals surface area contributed by atoms with Crippen molar-refractivity contribution in [3.05, 3.63) is 76.9 Å². The predicted molar refractivity (Wildman–Crippen MR) is 105 cm³/mol. The van der Waals surface area contributed by atoms with Crippen LogP contribution in [0.15, 0.2) is 59.0 Å². The smallest absolute Gasteiger partial charge is 0.223 e. The molecule has 140 valence electrons. The van der Waals surface area contributed by atoms with Crippen molar-refractivity contribution in [2.45, 2.75) is 13.3 Å². The first kappa shape index (κ1) is 18.0. The summed E-state index contributed by atoms with van der Waals surface area (Å²) in [6.07, 6.45) is 1.28. The molecular formula is C21H15ClN3O3-. The highest BCUT2D eigenvalue weighted by atomic mass is 35.5. The third kappa shape index (κ3) is 3.42. The molecule has 0 atom stereocenters. The fourth-order valence-corrected chi connectivity index (χ4v) is 3.27. The number of hydrogen-bond acceptors (Lipinski definition) is 5. The monoisotopic (exact) mass is 392 g/mol. The van der Waals surface area contributed by atoms with Crippen LogP contribution in [0.25, 0.3) is 28.4 Å². The average Bonchev–Trinajstić information content (AvgIpc) is 3.24. The Morgan fingerprint density at radius 3 is 2.61 bits per heavy atom. The maximum Gasteiger partial charge on any atom is 0.223 e. The van der Waals surface area contributed by atoms with Crippen molar-refractivity contribution >= 4 is 40.3 Å². The number of aromatic nitrogens is 3. The van der Waals surface area contributed by atoms with E-state index >= 15 is 0 Å². The Hall–Kier alpha value is -3.38. The molecule has 2 aromatic carbocycles. The van der Waals surface area contributed by atoms with Crippen LogP contribution in [-0.4, -0.2) is 20.7 Å². The van der Waals surface area contributed by atoms with E-state index in [9.17, 15) is 9.90 Å². The topological polar surface area (TPSA) is 84.0 Å². The highest BCUT2D eigenvalue weighted by Crippen LogP contribution is 2.30. The van der Waals surface area contributed by atoms with Crippen LogP contribution < -0.4 is 5.11 Å². The Balaban J connectivity index is 1.83.